The molecule has 0 amide bonds. The maximum Gasteiger partial charge on any atom is 0.306 e. The fourth-order valence-corrected chi connectivity index (χ4v) is 2.01. The summed E-state index contributed by atoms with van der Waals surface area (Å²) in [6, 6.07) is 0. The minimum atomic E-state index is -0.0109. The van der Waals surface area contributed by atoms with Crippen molar-refractivity contribution in [3.8, 4) is 0 Å². The number of carbonyl (C=O) groups is 1. The lowest BCUT2D eigenvalue weighted by Gasteiger charge is -2.21. The number of ether oxygens (including phenoxy) is 1. The number of carbonyl (C=O) groups excluding carboxylic acids is 1. The number of esters is 1. The summed E-state index contributed by atoms with van der Waals surface area (Å²) in [5, 5.41) is 0. The molecule has 1 heterocycles. The highest BCUT2D eigenvalue weighted by atomic mass is 16.5. The van der Waals surface area contributed by atoms with E-state index in [2.05, 4.69) is 19.1 Å². The van der Waals surface area contributed by atoms with E-state index in [1.807, 2.05) is 0 Å². The highest BCUT2D eigenvalue weighted by molar-refractivity contribution is 5.70. The van der Waals surface area contributed by atoms with Crippen LogP contribution in [0.1, 0.15) is 64.7 Å². The van der Waals surface area contributed by atoms with E-state index in [0.29, 0.717) is 6.42 Å². The van der Waals surface area contributed by atoms with E-state index in [4.69, 9.17) is 4.74 Å². The largest absolute Gasteiger partial charge is 0.462 e. The summed E-state index contributed by atoms with van der Waals surface area (Å²) < 4.78 is 5.26. The molecular formula is C14H24O2. The molecule has 0 N–H and O–H groups in total. The molecule has 0 spiro atoms. The van der Waals surface area contributed by atoms with Crippen molar-refractivity contribution in [2.45, 2.75) is 70.8 Å². The number of cyclic esters (lactones) is 1. The first-order valence-electron chi connectivity index (χ1n) is 6.67. The Morgan fingerprint density at radius 1 is 1.31 bits per heavy atom. The van der Waals surface area contributed by atoms with Gasteiger partial charge in [-0.05, 0) is 38.5 Å². The van der Waals surface area contributed by atoms with Gasteiger partial charge in [0.25, 0.3) is 0 Å². The van der Waals surface area contributed by atoms with Crippen molar-refractivity contribution in [2.24, 2.45) is 0 Å². The Balaban J connectivity index is 1.99. The highest BCUT2D eigenvalue weighted by Gasteiger charge is 2.18. The van der Waals surface area contributed by atoms with Crippen LogP contribution in [0.15, 0.2) is 12.2 Å². The molecule has 16 heavy (non-hydrogen) atoms. The van der Waals surface area contributed by atoms with Gasteiger partial charge in [0.1, 0.15) is 6.10 Å². The topological polar surface area (TPSA) is 26.3 Å². The molecule has 0 aromatic rings. The molecule has 1 rings (SSSR count). The van der Waals surface area contributed by atoms with E-state index < -0.39 is 0 Å². The summed E-state index contributed by atoms with van der Waals surface area (Å²) in [4.78, 5) is 11.0. The number of allylic oxidation sites excluding steroid dienone is 2. The van der Waals surface area contributed by atoms with Crippen molar-refractivity contribution in [2.75, 3.05) is 0 Å². The predicted molar refractivity (Wildman–Crippen MR) is 66.2 cm³/mol. The van der Waals surface area contributed by atoms with Crippen LogP contribution >= 0.6 is 0 Å². The molecule has 1 saturated heterocycles. The average Bonchev–Trinajstić information content (AvgIpc) is 2.28. The van der Waals surface area contributed by atoms with Crippen LogP contribution in [0.25, 0.3) is 0 Å². The normalized spacial score (nSPS) is 21.3. The van der Waals surface area contributed by atoms with Crippen molar-refractivity contribution >= 4 is 5.97 Å². The SMILES string of the molecule is CCCCC/C=C\CCC1CCCC(=O)O1. The Morgan fingerprint density at radius 3 is 2.88 bits per heavy atom. The van der Waals surface area contributed by atoms with E-state index in [1.54, 1.807) is 0 Å². The van der Waals surface area contributed by atoms with Gasteiger partial charge in [0.2, 0.25) is 0 Å². The molecular weight excluding hydrogens is 200 g/mol. The quantitative estimate of drug-likeness (QED) is 0.371. The monoisotopic (exact) mass is 224 g/mol. The molecule has 0 aliphatic carbocycles. The molecule has 2 nitrogen and oxygen atoms in total. The number of hydrogen-bond acceptors (Lipinski definition) is 2. The maximum absolute atomic E-state index is 11.0. The molecule has 1 fully saturated rings. The second-order valence-electron chi connectivity index (χ2n) is 4.55. The van der Waals surface area contributed by atoms with Crippen LogP contribution in [0.2, 0.25) is 0 Å². The standard InChI is InChI=1S/C14H24O2/c1-2-3-4-5-6-7-8-10-13-11-9-12-14(15)16-13/h6-7,13H,2-5,8-12H2,1H3/b7-6-. The number of hydrogen-bond donors (Lipinski definition) is 0. The summed E-state index contributed by atoms with van der Waals surface area (Å²) in [5.74, 6) is -0.0109. The van der Waals surface area contributed by atoms with E-state index in [9.17, 15) is 4.79 Å². The molecule has 0 bridgehead atoms. The van der Waals surface area contributed by atoms with Gasteiger partial charge < -0.3 is 4.74 Å². The fraction of sp³-hybridized carbons (Fsp3) is 0.786. The first-order chi connectivity index (χ1) is 7.83. The van der Waals surface area contributed by atoms with Gasteiger partial charge in [0.15, 0.2) is 0 Å². The van der Waals surface area contributed by atoms with Crippen molar-refractivity contribution < 1.29 is 9.53 Å². The maximum atomic E-state index is 11.0. The Morgan fingerprint density at radius 2 is 2.12 bits per heavy atom. The van der Waals surface area contributed by atoms with Crippen LogP contribution in [-0.2, 0) is 9.53 Å². The van der Waals surface area contributed by atoms with E-state index in [1.165, 1.54) is 25.7 Å². The fourth-order valence-electron chi connectivity index (χ4n) is 2.01. The third kappa shape index (κ3) is 5.94. The third-order valence-electron chi connectivity index (χ3n) is 3.00. The molecule has 1 unspecified atom stereocenters. The summed E-state index contributed by atoms with van der Waals surface area (Å²) in [5.41, 5.74) is 0. The predicted octanol–water partition coefficient (Wildman–Crippen LogP) is 4.00. The molecule has 0 radical (unpaired) electrons. The average molecular weight is 224 g/mol. The Bertz CT molecular complexity index is 221. The van der Waals surface area contributed by atoms with E-state index in [-0.39, 0.29) is 12.1 Å². The van der Waals surface area contributed by atoms with Crippen LogP contribution in [0.5, 0.6) is 0 Å². The number of unbranched alkanes of at least 4 members (excludes halogenated alkanes) is 3. The first kappa shape index (κ1) is 13.3. The lowest BCUT2D eigenvalue weighted by molar-refractivity contribution is -0.153. The smallest absolute Gasteiger partial charge is 0.306 e. The minimum Gasteiger partial charge on any atom is -0.462 e. The zero-order valence-electron chi connectivity index (χ0n) is 10.4. The van der Waals surface area contributed by atoms with Gasteiger partial charge in [0, 0.05) is 6.42 Å². The van der Waals surface area contributed by atoms with Crippen LogP contribution in [0.4, 0.5) is 0 Å². The molecule has 0 aromatic heterocycles. The second-order valence-corrected chi connectivity index (χ2v) is 4.55. The van der Waals surface area contributed by atoms with Gasteiger partial charge >= 0.3 is 5.97 Å². The van der Waals surface area contributed by atoms with E-state index in [0.717, 1.165) is 25.7 Å². The van der Waals surface area contributed by atoms with E-state index >= 15 is 0 Å². The zero-order valence-corrected chi connectivity index (χ0v) is 10.4. The van der Waals surface area contributed by atoms with Crippen LogP contribution in [0, 0.1) is 0 Å². The molecule has 92 valence electrons. The molecule has 0 saturated carbocycles. The van der Waals surface area contributed by atoms with Crippen molar-refractivity contribution in [3.63, 3.8) is 0 Å². The Labute approximate surface area is 99.1 Å². The zero-order chi connectivity index (χ0) is 11.6. The van der Waals surface area contributed by atoms with Crippen molar-refractivity contribution in [1.29, 1.82) is 0 Å². The summed E-state index contributed by atoms with van der Waals surface area (Å²) in [6.07, 6.45) is 14.5. The Kier molecular flexibility index (Phi) is 6.95. The van der Waals surface area contributed by atoms with Gasteiger partial charge in [-0.25, -0.2) is 0 Å². The summed E-state index contributed by atoms with van der Waals surface area (Å²) in [6.45, 7) is 2.22. The lowest BCUT2D eigenvalue weighted by atomic mass is 10.0. The molecule has 0 aromatic carbocycles. The summed E-state index contributed by atoms with van der Waals surface area (Å²) >= 11 is 0. The van der Waals surface area contributed by atoms with Gasteiger partial charge in [-0.2, -0.15) is 0 Å². The highest BCUT2D eigenvalue weighted by Crippen LogP contribution is 2.18. The van der Waals surface area contributed by atoms with Crippen LogP contribution < -0.4 is 0 Å². The molecule has 1 aliphatic heterocycles. The molecule has 1 atom stereocenters. The van der Waals surface area contributed by atoms with Gasteiger partial charge in [-0.3, -0.25) is 4.79 Å². The lowest BCUT2D eigenvalue weighted by Crippen LogP contribution is -2.23. The van der Waals surface area contributed by atoms with Crippen molar-refractivity contribution in [3.05, 3.63) is 12.2 Å². The first-order valence-corrected chi connectivity index (χ1v) is 6.67. The van der Waals surface area contributed by atoms with Crippen LogP contribution in [-0.4, -0.2) is 12.1 Å². The van der Waals surface area contributed by atoms with Crippen molar-refractivity contribution in [1.82, 2.24) is 0 Å². The third-order valence-corrected chi connectivity index (χ3v) is 3.00. The minimum absolute atomic E-state index is 0.0109. The van der Waals surface area contributed by atoms with Gasteiger partial charge in [-0.15, -0.1) is 0 Å². The Hall–Kier alpha value is -0.790. The number of rotatable bonds is 7. The second kappa shape index (κ2) is 8.37. The molecule has 2 heteroatoms. The summed E-state index contributed by atoms with van der Waals surface area (Å²) in [7, 11) is 0. The van der Waals surface area contributed by atoms with Crippen LogP contribution in [0.3, 0.4) is 0 Å². The van der Waals surface area contributed by atoms with Gasteiger partial charge in [0.05, 0.1) is 0 Å². The molecule has 1 aliphatic rings. The van der Waals surface area contributed by atoms with Gasteiger partial charge in [-0.1, -0.05) is 31.9 Å².